The maximum Gasteiger partial charge on any atom is 0.187 e. The number of hydrogen-bond donors (Lipinski definition) is 2. The van der Waals surface area contributed by atoms with Crippen molar-refractivity contribution < 1.29 is 13.9 Å². The van der Waals surface area contributed by atoms with Gasteiger partial charge < -0.3 is 21.1 Å². The van der Waals surface area contributed by atoms with Crippen LogP contribution in [-0.4, -0.2) is 42.0 Å². The van der Waals surface area contributed by atoms with Crippen LogP contribution in [0, 0.1) is 5.82 Å². The lowest BCUT2D eigenvalue weighted by atomic mass is 10.0. The van der Waals surface area contributed by atoms with Crippen molar-refractivity contribution in [3.05, 3.63) is 65.9 Å². The van der Waals surface area contributed by atoms with Crippen LogP contribution in [-0.2, 0) is 6.42 Å². The van der Waals surface area contributed by atoms with Crippen LogP contribution >= 0.6 is 0 Å². The molecular formula is C24H26FN5O2. The van der Waals surface area contributed by atoms with E-state index >= 15 is 0 Å². The van der Waals surface area contributed by atoms with Gasteiger partial charge in [0.05, 0.1) is 18.5 Å². The number of hydrogen-bond acceptors (Lipinski definition) is 7. The third-order valence-electron chi connectivity index (χ3n) is 5.66. The first-order valence-corrected chi connectivity index (χ1v) is 10.5. The van der Waals surface area contributed by atoms with Crippen LogP contribution in [0.25, 0.3) is 11.3 Å². The van der Waals surface area contributed by atoms with E-state index in [0.29, 0.717) is 17.0 Å². The number of nitrogens with two attached hydrogens (primary N) is 2. The SMILES string of the molecule is COc1ccc(F)cc1-c1ccc(N)c(C(=O)Cc2cnccc2N2CCC[C@H](N)C2)n1. The maximum atomic E-state index is 13.8. The van der Waals surface area contributed by atoms with Gasteiger partial charge in [0.2, 0.25) is 0 Å². The Morgan fingerprint density at radius 2 is 2.12 bits per heavy atom. The van der Waals surface area contributed by atoms with E-state index in [1.165, 1.54) is 25.3 Å². The molecule has 0 unspecified atom stereocenters. The molecule has 0 saturated carbocycles. The van der Waals surface area contributed by atoms with Crippen molar-refractivity contribution in [1.82, 2.24) is 9.97 Å². The molecule has 1 saturated heterocycles. The number of benzene rings is 1. The topological polar surface area (TPSA) is 107 Å². The van der Waals surface area contributed by atoms with Gasteiger partial charge in [0, 0.05) is 54.8 Å². The van der Waals surface area contributed by atoms with Crippen molar-refractivity contribution in [2.45, 2.75) is 25.3 Å². The first-order valence-electron chi connectivity index (χ1n) is 10.5. The first kappa shape index (κ1) is 21.7. The minimum absolute atomic E-state index is 0.0931. The Balaban J connectivity index is 1.64. The second-order valence-electron chi connectivity index (χ2n) is 7.93. The zero-order chi connectivity index (χ0) is 22.7. The number of rotatable bonds is 6. The number of aromatic nitrogens is 2. The quantitative estimate of drug-likeness (QED) is 0.573. The molecule has 3 heterocycles. The van der Waals surface area contributed by atoms with Crippen molar-refractivity contribution in [3.8, 4) is 17.0 Å². The van der Waals surface area contributed by atoms with Gasteiger partial charge in [-0.2, -0.15) is 0 Å². The van der Waals surface area contributed by atoms with Crippen molar-refractivity contribution in [2.24, 2.45) is 5.73 Å². The number of anilines is 2. The molecular weight excluding hydrogens is 409 g/mol. The molecule has 7 nitrogen and oxygen atoms in total. The minimum Gasteiger partial charge on any atom is -0.496 e. The number of nitrogen functional groups attached to an aromatic ring is 1. The second kappa shape index (κ2) is 9.32. The molecule has 8 heteroatoms. The lowest BCUT2D eigenvalue weighted by molar-refractivity contribution is 0.0989. The van der Waals surface area contributed by atoms with E-state index in [1.54, 1.807) is 24.5 Å². The number of ether oxygens (including phenoxy) is 1. The highest BCUT2D eigenvalue weighted by atomic mass is 19.1. The molecule has 1 aliphatic rings. The van der Waals surface area contributed by atoms with Gasteiger partial charge >= 0.3 is 0 Å². The predicted octanol–water partition coefficient (Wildman–Crippen LogP) is 3.23. The molecule has 1 aromatic carbocycles. The zero-order valence-electron chi connectivity index (χ0n) is 17.9. The normalized spacial score (nSPS) is 16.1. The highest BCUT2D eigenvalue weighted by molar-refractivity contribution is 6.01. The van der Waals surface area contributed by atoms with Gasteiger partial charge in [-0.25, -0.2) is 9.37 Å². The molecule has 32 heavy (non-hydrogen) atoms. The lowest BCUT2D eigenvalue weighted by Crippen LogP contribution is -2.43. The standard InChI is InChI=1S/C24H26FN5O2/c1-32-23-7-4-16(25)12-18(23)20-6-5-19(27)24(29-20)22(31)11-15-13-28-9-8-21(15)30-10-2-3-17(26)14-30/h4-9,12-13,17H,2-3,10-11,14,26-27H2,1H3/t17-/m0/s1. The Kier molecular flexibility index (Phi) is 6.32. The number of pyridine rings is 2. The second-order valence-corrected chi connectivity index (χ2v) is 7.93. The molecule has 0 spiro atoms. The Morgan fingerprint density at radius 1 is 1.28 bits per heavy atom. The maximum absolute atomic E-state index is 13.8. The monoisotopic (exact) mass is 435 g/mol. The Morgan fingerprint density at radius 3 is 2.91 bits per heavy atom. The van der Waals surface area contributed by atoms with E-state index < -0.39 is 5.82 Å². The average Bonchev–Trinajstić information content (AvgIpc) is 2.79. The predicted molar refractivity (Wildman–Crippen MR) is 122 cm³/mol. The summed E-state index contributed by atoms with van der Waals surface area (Å²) in [6.45, 7) is 1.62. The van der Waals surface area contributed by atoms with Crippen molar-refractivity contribution in [1.29, 1.82) is 0 Å². The van der Waals surface area contributed by atoms with E-state index in [9.17, 15) is 9.18 Å². The summed E-state index contributed by atoms with van der Waals surface area (Å²) < 4.78 is 19.2. The van der Waals surface area contributed by atoms with E-state index in [1.807, 2.05) is 6.07 Å². The Bertz CT molecular complexity index is 1140. The van der Waals surface area contributed by atoms with Crippen LogP contribution in [0.1, 0.15) is 28.9 Å². The molecule has 1 atom stereocenters. The van der Waals surface area contributed by atoms with Gasteiger partial charge in [-0.3, -0.25) is 9.78 Å². The van der Waals surface area contributed by atoms with Crippen LogP contribution in [0.3, 0.4) is 0 Å². The van der Waals surface area contributed by atoms with Crippen LogP contribution in [0.4, 0.5) is 15.8 Å². The Hall–Kier alpha value is -3.52. The number of nitrogens with zero attached hydrogens (tertiary/aromatic N) is 3. The fourth-order valence-electron chi connectivity index (χ4n) is 4.07. The molecule has 4 N–H and O–H groups in total. The summed E-state index contributed by atoms with van der Waals surface area (Å²) in [4.78, 5) is 24.1. The number of ketones is 1. The van der Waals surface area contributed by atoms with Gasteiger partial charge in [0.25, 0.3) is 0 Å². The smallest absolute Gasteiger partial charge is 0.187 e. The van der Waals surface area contributed by atoms with E-state index in [4.69, 9.17) is 16.2 Å². The largest absolute Gasteiger partial charge is 0.496 e. The van der Waals surface area contributed by atoms with Gasteiger partial charge in [0.15, 0.2) is 5.78 Å². The van der Waals surface area contributed by atoms with E-state index in [2.05, 4.69) is 14.9 Å². The van der Waals surface area contributed by atoms with Gasteiger partial charge in [0.1, 0.15) is 17.3 Å². The summed E-state index contributed by atoms with van der Waals surface area (Å²) in [6.07, 6.45) is 5.50. The zero-order valence-corrected chi connectivity index (χ0v) is 17.9. The molecule has 166 valence electrons. The number of methoxy groups -OCH3 is 1. The average molecular weight is 436 g/mol. The molecule has 1 aliphatic heterocycles. The van der Waals surface area contributed by atoms with Crippen molar-refractivity contribution >= 4 is 17.2 Å². The fourth-order valence-corrected chi connectivity index (χ4v) is 4.07. The lowest BCUT2D eigenvalue weighted by Gasteiger charge is -2.33. The Labute approximate surface area is 186 Å². The first-order chi connectivity index (χ1) is 15.5. The molecule has 1 fully saturated rings. The van der Waals surface area contributed by atoms with Crippen molar-refractivity contribution in [2.75, 3.05) is 30.8 Å². The summed E-state index contributed by atoms with van der Waals surface area (Å²) in [5.41, 5.74) is 15.2. The summed E-state index contributed by atoms with van der Waals surface area (Å²) >= 11 is 0. The van der Waals surface area contributed by atoms with Crippen molar-refractivity contribution in [3.63, 3.8) is 0 Å². The summed E-state index contributed by atoms with van der Waals surface area (Å²) in [7, 11) is 1.50. The summed E-state index contributed by atoms with van der Waals surface area (Å²) in [6, 6.07) is 9.42. The molecule has 0 aliphatic carbocycles. The van der Waals surface area contributed by atoms with Gasteiger partial charge in [-0.15, -0.1) is 0 Å². The number of piperidine rings is 1. The van der Waals surface area contributed by atoms with E-state index in [-0.39, 0.29) is 29.6 Å². The number of carbonyl (C=O) groups is 1. The third-order valence-corrected chi connectivity index (χ3v) is 5.66. The highest BCUT2D eigenvalue weighted by Crippen LogP contribution is 2.31. The number of Topliss-reactive ketones (excluding diaryl/α,β-unsaturated/α-hetero) is 1. The molecule has 4 rings (SSSR count). The van der Waals surface area contributed by atoms with Crippen LogP contribution in [0.15, 0.2) is 48.8 Å². The molecule has 0 bridgehead atoms. The third kappa shape index (κ3) is 4.55. The van der Waals surface area contributed by atoms with Crippen LogP contribution in [0.5, 0.6) is 5.75 Å². The highest BCUT2D eigenvalue weighted by Gasteiger charge is 2.22. The molecule has 0 amide bonds. The van der Waals surface area contributed by atoms with Gasteiger partial charge in [-0.1, -0.05) is 0 Å². The number of halogens is 1. The number of carbonyl (C=O) groups excluding carboxylic acids is 1. The van der Waals surface area contributed by atoms with Crippen LogP contribution < -0.4 is 21.1 Å². The van der Waals surface area contributed by atoms with E-state index in [0.717, 1.165) is 37.2 Å². The summed E-state index contributed by atoms with van der Waals surface area (Å²) in [5.74, 6) is -0.208. The fraction of sp³-hybridized carbons (Fsp3) is 0.292. The minimum atomic E-state index is -0.424. The molecule has 0 radical (unpaired) electrons. The summed E-state index contributed by atoms with van der Waals surface area (Å²) in [5, 5.41) is 0. The molecule has 2 aromatic heterocycles. The van der Waals surface area contributed by atoms with Crippen LogP contribution in [0.2, 0.25) is 0 Å². The molecule has 3 aromatic rings. The van der Waals surface area contributed by atoms with Gasteiger partial charge in [-0.05, 0) is 49.2 Å².